The third kappa shape index (κ3) is 6.13. The molecule has 1 aromatic carbocycles. The Morgan fingerprint density at radius 3 is 2.64 bits per heavy atom. The summed E-state index contributed by atoms with van der Waals surface area (Å²) in [6, 6.07) is 7.72. The van der Waals surface area contributed by atoms with Gasteiger partial charge in [0.1, 0.15) is 0 Å². The van der Waals surface area contributed by atoms with E-state index in [9.17, 15) is 4.79 Å². The molecule has 5 heteroatoms. The Kier molecular flexibility index (Phi) is 7.13. The monoisotopic (exact) mass is 354 g/mol. The molecule has 0 amide bonds. The van der Waals surface area contributed by atoms with E-state index in [2.05, 4.69) is 33.1 Å². The summed E-state index contributed by atoms with van der Waals surface area (Å²) in [6.45, 7) is 12.1. The number of carbonyl (C=O) groups excluding carboxylic acids is 1. The molecule has 0 saturated carbocycles. The molecular formula is C17H23ClO2SSi. The van der Waals surface area contributed by atoms with E-state index in [1.807, 2.05) is 24.3 Å². The Morgan fingerprint density at radius 1 is 1.45 bits per heavy atom. The highest BCUT2D eigenvalue weighted by atomic mass is 35.5. The first-order chi connectivity index (χ1) is 10.2. The van der Waals surface area contributed by atoms with Gasteiger partial charge >= 0.3 is 0 Å². The van der Waals surface area contributed by atoms with Crippen molar-refractivity contribution >= 4 is 38.0 Å². The highest BCUT2D eigenvalue weighted by molar-refractivity contribution is 8.03. The van der Waals surface area contributed by atoms with Gasteiger partial charge in [0.25, 0.3) is 0 Å². The Morgan fingerprint density at radius 2 is 2.14 bits per heavy atom. The molecule has 2 nitrogen and oxygen atoms in total. The second-order valence-electron chi connectivity index (χ2n) is 6.17. The lowest BCUT2D eigenvalue weighted by atomic mass is 9.98. The molecule has 0 bridgehead atoms. The summed E-state index contributed by atoms with van der Waals surface area (Å²) >= 11 is 7.60. The molecule has 0 aliphatic heterocycles. The van der Waals surface area contributed by atoms with Crippen LogP contribution in [0.4, 0.5) is 0 Å². The van der Waals surface area contributed by atoms with Gasteiger partial charge in [0.2, 0.25) is 0 Å². The minimum absolute atomic E-state index is 0.497. The molecule has 0 saturated heterocycles. The highest BCUT2D eigenvalue weighted by Crippen LogP contribution is 2.35. The van der Waals surface area contributed by atoms with Gasteiger partial charge in [-0.1, -0.05) is 36.4 Å². The Balaban J connectivity index is 3.09. The van der Waals surface area contributed by atoms with Crippen molar-refractivity contribution in [2.75, 3.05) is 5.75 Å². The van der Waals surface area contributed by atoms with Crippen molar-refractivity contribution in [3.05, 3.63) is 58.5 Å². The van der Waals surface area contributed by atoms with Crippen LogP contribution in [-0.2, 0) is 14.8 Å². The quantitative estimate of drug-likeness (QED) is 0.270. The summed E-state index contributed by atoms with van der Waals surface area (Å²) in [5, 5.41) is 0.685. The molecular weight excluding hydrogens is 332 g/mol. The van der Waals surface area contributed by atoms with E-state index < -0.39 is 13.9 Å². The van der Waals surface area contributed by atoms with E-state index in [1.54, 1.807) is 12.2 Å². The average molecular weight is 355 g/mol. The molecule has 1 rings (SSSR count). The minimum Gasteiger partial charge on any atom is -0.408 e. The maximum absolute atomic E-state index is 11.1. The molecule has 22 heavy (non-hydrogen) atoms. The second-order valence-corrected chi connectivity index (χ2v) is 12.1. The molecule has 0 aromatic heterocycles. The average Bonchev–Trinajstić information content (AvgIpc) is 2.41. The predicted octanol–water partition coefficient (Wildman–Crippen LogP) is 5.41. The molecule has 0 fully saturated rings. The van der Waals surface area contributed by atoms with Gasteiger partial charge in [-0.25, -0.2) is 0 Å². The molecule has 0 aliphatic carbocycles. The number of thioether (sulfide) groups is 1. The number of carbonyl (C=O) groups is 1. The van der Waals surface area contributed by atoms with E-state index in [-0.39, 0.29) is 0 Å². The van der Waals surface area contributed by atoms with Gasteiger partial charge in [-0.3, -0.25) is 4.79 Å². The molecule has 0 radical (unpaired) electrons. The van der Waals surface area contributed by atoms with Gasteiger partial charge < -0.3 is 4.43 Å². The van der Waals surface area contributed by atoms with Crippen LogP contribution in [0.2, 0.25) is 24.7 Å². The SMILES string of the molecule is C=C/C=C(/C=O)SCC(C)(O[Si](C)(C)C)c1cccc(Cl)c1. The summed E-state index contributed by atoms with van der Waals surface area (Å²) in [4.78, 5) is 11.7. The van der Waals surface area contributed by atoms with Gasteiger partial charge in [-0.2, -0.15) is 0 Å². The van der Waals surface area contributed by atoms with Crippen molar-refractivity contribution < 1.29 is 9.22 Å². The van der Waals surface area contributed by atoms with Gasteiger partial charge in [0.05, 0.1) is 5.60 Å². The van der Waals surface area contributed by atoms with Crippen LogP contribution in [0.1, 0.15) is 12.5 Å². The number of hydrogen-bond acceptors (Lipinski definition) is 3. The van der Waals surface area contributed by atoms with Crippen molar-refractivity contribution in [3.63, 3.8) is 0 Å². The minimum atomic E-state index is -1.78. The normalized spacial score (nSPS) is 15.2. The summed E-state index contributed by atoms with van der Waals surface area (Å²) in [6.07, 6.45) is 4.18. The highest BCUT2D eigenvalue weighted by Gasteiger charge is 2.33. The largest absolute Gasteiger partial charge is 0.408 e. The van der Waals surface area contributed by atoms with Crippen LogP contribution >= 0.6 is 23.4 Å². The van der Waals surface area contributed by atoms with Crippen LogP contribution in [0.3, 0.4) is 0 Å². The fraction of sp³-hybridized carbons (Fsp3) is 0.353. The van der Waals surface area contributed by atoms with E-state index >= 15 is 0 Å². The van der Waals surface area contributed by atoms with Crippen molar-refractivity contribution in [1.29, 1.82) is 0 Å². The third-order valence-corrected chi connectivity index (χ3v) is 5.44. The molecule has 1 unspecified atom stereocenters. The van der Waals surface area contributed by atoms with Crippen LogP contribution in [0.25, 0.3) is 0 Å². The number of rotatable bonds is 8. The molecule has 0 N–H and O–H groups in total. The van der Waals surface area contributed by atoms with Crippen molar-refractivity contribution in [3.8, 4) is 0 Å². The summed E-state index contributed by atoms with van der Waals surface area (Å²) < 4.78 is 6.43. The Bertz CT molecular complexity index is 566. The third-order valence-electron chi connectivity index (χ3n) is 2.88. The summed E-state index contributed by atoms with van der Waals surface area (Å²) in [5.41, 5.74) is 0.530. The fourth-order valence-electron chi connectivity index (χ4n) is 2.12. The van der Waals surface area contributed by atoms with Crippen LogP contribution in [0.15, 0.2) is 47.9 Å². The van der Waals surface area contributed by atoms with E-state index in [0.29, 0.717) is 15.7 Å². The van der Waals surface area contributed by atoms with Gasteiger partial charge in [0, 0.05) is 15.7 Å². The predicted molar refractivity (Wildman–Crippen MR) is 100 cm³/mol. The van der Waals surface area contributed by atoms with Crippen LogP contribution in [-0.4, -0.2) is 20.4 Å². The first kappa shape index (κ1) is 19.2. The Hall–Kier alpha value is -0.813. The van der Waals surface area contributed by atoms with Crippen LogP contribution in [0.5, 0.6) is 0 Å². The number of allylic oxidation sites excluding steroid dienone is 3. The molecule has 120 valence electrons. The fourth-order valence-corrected chi connectivity index (χ4v) is 4.89. The number of hydrogen-bond donors (Lipinski definition) is 0. The number of halogens is 1. The van der Waals surface area contributed by atoms with E-state index in [0.717, 1.165) is 11.8 Å². The second kappa shape index (κ2) is 8.16. The lowest BCUT2D eigenvalue weighted by Gasteiger charge is -2.36. The number of aldehydes is 1. The first-order valence-electron chi connectivity index (χ1n) is 7.07. The van der Waals surface area contributed by atoms with Gasteiger partial charge in [-0.15, -0.1) is 11.8 Å². The van der Waals surface area contributed by atoms with Crippen molar-refractivity contribution in [2.45, 2.75) is 32.2 Å². The summed E-state index contributed by atoms with van der Waals surface area (Å²) in [5.74, 6) is 0.635. The number of benzene rings is 1. The molecule has 1 aromatic rings. The first-order valence-corrected chi connectivity index (χ1v) is 11.8. The maximum atomic E-state index is 11.1. The van der Waals surface area contributed by atoms with Crippen LogP contribution < -0.4 is 0 Å². The summed E-state index contributed by atoms with van der Waals surface area (Å²) in [7, 11) is -1.78. The molecule has 1 atom stereocenters. The van der Waals surface area contributed by atoms with Gasteiger partial charge in [-0.05, 0) is 50.3 Å². The lowest BCUT2D eigenvalue weighted by Crippen LogP contribution is -2.40. The van der Waals surface area contributed by atoms with Crippen LogP contribution in [0, 0.1) is 0 Å². The smallest absolute Gasteiger partial charge is 0.185 e. The van der Waals surface area contributed by atoms with Crippen molar-refractivity contribution in [2.24, 2.45) is 0 Å². The van der Waals surface area contributed by atoms with Gasteiger partial charge in [0.15, 0.2) is 14.6 Å². The standard InChI is InChI=1S/C17H23ClO2SSi/c1-6-8-16(12-19)21-13-17(2,20-22(3,4)5)14-9-7-10-15(18)11-14/h6-12H,1,13H2,2-5H3/b16-8-. The van der Waals surface area contributed by atoms with E-state index in [4.69, 9.17) is 16.0 Å². The molecule has 0 spiro atoms. The zero-order chi connectivity index (χ0) is 16.8. The topological polar surface area (TPSA) is 26.3 Å². The zero-order valence-corrected chi connectivity index (χ0v) is 16.1. The maximum Gasteiger partial charge on any atom is 0.185 e. The molecule has 0 aliphatic rings. The van der Waals surface area contributed by atoms with Crippen molar-refractivity contribution in [1.82, 2.24) is 0 Å². The zero-order valence-electron chi connectivity index (χ0n) is 13.6. The lowest BCUT2D eigenvalue weighted by molar-refractivity contribution is -0.104. The molecule has 0 heterocycles. The Labute approximate surface area is 143 Å². The van der Waals surface area contributed by atoms with E-state index in [1.165, 1.54) is 11.8 Å².